The van der Waals surface area contributed by atoms with E-state index in [9.17, 15) is 5.11 Å². The average molecular weight is 203 g/mol. The van der Waals surface area contributed by atoms with E-state index in [4.69, 9.17) is 9.47 Å². The lowest BCUT2D eigenvalue weighted by molar-refractivity contribution is -0.101. The third-order valence-corrected chi connectivity index (χ3v) is 2.75. The van der Waals surface area contributed by atoms with Crippen molar-refractivity contribution in [2.45, 2.75) is 44.1 Å². The number of hydrogen-bond acceptors (Lipinski definition) is 4. The maximum Gasteiger partial charge on any atom is 0.169 e. The van der Waals surface area contributed by atoms with Crippen molar-refractivity contribution in [1.29, 1.82) is 0 Å². The molecular weight excluding hydrogens is 182 g/mol. The molecule has 0 saturated heterocycles. The minimum Gasteiger partial charge on any atom is -0.393 e. The molecule has 0 aromatic rings. The van der Waals surface area contributed by atoms with Gasteiger partial charge in [0.15, 0.2) is 6.29 Å². The number of methoxy groups -OCH3 is 2. The van der Waals surface area contributed by atoms with E-state index in [1.165, 1.54) is 0 Å². The van der Waals surface area contributed by atoms with Gasteiger partial charge >= 0.3 is 0 Å². The Kier molecular flexibility index (Phi) is 5.40. The molecule has 0 bridgehead atoms. The van der Waals surface area contributed by atoms with Crippen LogP contribution >= 0.6 is 0 Å². The van der Waals surface area contributed by atoms with E-state index in [-0.39, 0.29) is 12.4 Å². The topological polar surface area (TPSA) is 50.7 Å². The first kappa shape index (κ1) is 11.9. The molecular formula is C10H21NO3. The number of rotatable bonds is 5. The second-order valence-electron chi connectivity index (χ2n) is 3.83. The Balaban J connectivity index is 2.16. The normalized spacial score (nSPS) is 28.3. The molecule has 1 aliphatic carbocycles. The van der Waals surface area contributed by atoms with Crippen molar-refractivity contribution in [2.75, 3.05) is 20.8 Å². The molecule has 1 fully saturated rings. The van der Waals surface area contributed by atoms with Crippen molar-refractivity contribution >= 4 is 0 Å². The van der Waals surface area contributed by atoms with Crippen LogP contribution in [0.2, 0.25) is 0 Å². The van der Waals surface area contributed by atoms with Gasteiger partial charge in [-0.3, -0.25) is 0 Å². The lowest BCUT2D eigenvalue weighted by Gasteiger charge is -2.27. The quantitative estimate of drug-likeness (QED) is 0.639. The third-order valence-electron chi connectivity index (χ3n) is 2.75. The summed E-state index contributed by atoms with van der Waals surface area (Å²) >= 11 is 0. The molecule has 1 aliphatic rings. The average Bonchev–Trinajstić information content (AvgIpc) is 2.19. The number of ether oxygens (including phenoxy) is 2. The van der Waals surface area contributed by atoms with E-state index < -0.39 is 0 Å². The van der Waals surface area contributed by atoms with E-state index in [1.54, 1.807) is 14.2 Å². The van der Waals surface area contributed by atoms with Crippen LogP contribution in [0.25, 0.3) is 0 Å². The number of aliphatic hydroxyl groups is 1. The van der Waals surface area contributed by atoms with Gasteiger partial charge < -0.3 is 19.9 Å². The van der Waals surface area contributed by atoms with Crippen LogP contribution in [-0.2, 0) is 9.47 Å². The van der Waals surface area contributed by atoms with Crippen molar-refractivity contribution in [3.63, 3.8) is 0 Å². The van der Waals surface area contributed by atoms with Crippen molar-refractivity contribution < 1.29 is 14.6 Å². The fraction of sp³-hybridized carbons (Fsp3) is 1.00. The van der Waals surface area contributed by atoms with Gasteiger partial charge in [-0.2, -0.15) is 0 Å². The zero-order valence-electron chi connectivity index (χ0n) is 9.03. The Labute approximate surface area is 85.6 Å². The Bertz CT molecular complexity index is 150. The molecule has 0 aromatic carbocycles. The molecule has 4 heteroatoms. The summed E-state index contributed by atoms with van der Waals surface area (Å²) in [4.78, 5) is 0. The van der Waals surface area contributed by atoms with E-state index in [0.29, 0.717) is 12.6 Å². The molecule has 0 radical (unpaired) electrons. The monoisotopic (exact) mass is 203 g/mol. The second-order valence-corrected chi connectivity index (χ2v) is 3.83. The summed E-state index contributed by atoms with van der Waals surface area (Å²) in [5.41, 5.74) is 0. The molecule has 1 rings (SSSR count). The van der Waals surface area contributed by atoms with Crippen LogP contribution in [0, 0.1) is 0 Å². The minimum atomic E-state index is -0.186. The van der Waals surface area contributed by atoms with Crippen LogP contribution in [0.5, 0.6) is 0 Å². The first-order valence-electron chi connectivity index (χ1n) is 5.23. The van der Waals surface area contributed by atoms with E-state index in [2.05, 4.69) is 5.32 Å². The Morgan fingerprint density at radius 3 is 2.64 bits per heavy atom. The molecule has 2 atom stereocenters. The van der Waals surface area contributed by atoms with Gasteiger partial charge in [-0.1, -0.05) is 0 Å². The fourth-order valence-electron chi connectivity index (χ4n) is 1.88. The zero-order valence-corrected chi connectivity index (χ0v) is 9.03. The van der Waals surface area contributed by atoms with Crippen LogP contribution in [-0.4, -0.2) is 44.3 Å². The molecule has 4 nitrogen and oxygen atoms in total. The molecule has 84 valence electrons. The van der Waals surface area contributed by atoms with E-state index in [0.717, 1.165) is 25.7 Å². The Hall–Kier alpha value is -0.160. The van der Waals surface area contributed by atoms with Crippen LogP contribution < -0.4 is 5.32 Å². The van der Waals surface area contributed by atoms with Crippen LogP contribution in [0.1, 0.15) is 25.7 Å². The Morgan fingerprint density at radius 1 is 1.36 bits per heavy atom. The lowest BCUT2D eigenvalue weighted by atomic mass is 9.93. The molecule has 0 aromatic heterocycles. The standard InChI is InChI=1S/C10H21NO3/c1-13-10(14-2)7-11-8-4-3-5-9(12)6-8/h8-12H,3-7H2,1-2H3. The summed E-state index contributed by atoms with van der Waals surface area (Å²) < 4.78 is 10.1. The fourth-order valence-corrected chi connectivity index (χ4v) is 1.88. The van der Waals surface area contributed by atoms with Crippen molar-refractivity contribution in [2.24, 2.45) is 0 Å². The van der Waals surface area contributed by atoms with Gasteiger partial charge in [0.2, 0.25) is 0 Å². The summed E-state index contributed by atoms with van der Waals surface area (Å²) in [7, 11) is 3.26. The third kappa shape index (κ3) is 3.92. The molecule has 0 heterocycles. The van der Waals surface area contributed by atoms with E-state index >= 15 is 0 Å². The van der Waals surface area contributed by atoms with Crippen LogP contribution in [0.3, 0.4) is 0 Å². The molecule has 2 unspecified atom stereocenters. The first-order valence-corrected chi connectivity index (χ1v) is 5.23. The SMILES string of the molecule is COC(CNC1CCCC(O)C1)OC. The van der Waals surface area contributed by atoms with Crippen LogP contribution in [0.15, 0.2) is 0 Å². The summed E-state index contributed by atoms with van der Waals surface area (Å²) in [5, 5.41) is 12.8. The summed E-state index contributed by atoms with van der Waals surface area (Å²) in [5.74, 6) is 0. The smallest absolute Gasteiger partial charge is 0.169 e. The molecule has 2 N–H and O–H groups in total. The molecule has 1 saturated carbocycles. The van der Waals surface area contributed by atoms with Crippen molar-refractivity contribution in [3.8, 4) is 0 Å². The highest BCUT2D eigenvalue weighted by molar-refractivity contribution is 4.77. The summed E-state index contributed by atoms with van der Waals surface area (Å²) in [6.07, 6.45) is 3.70. The second kappa shape index (κ2) is 6.35. The predicted molar refractivity (Wildman–Crippen MR) is 54.1 cm³/mol. The van der Waals surface area contributed by atoms with Crippen molar-refractivity contribution in [3.05, 3.63) is 0 Å². The van der Waals surface area contributed by atoms with Gasteiger partial charge in [-0.05, 0) is 25.7 Å². The maximum absolute atomic E-state index is 9.46. The van der Waals surface area contributed by atoms with Gasteiger partial charge in [0.1, 0.15) is 0 Å². The number of hydrogen-bond donors (Lipinski definition) is 2. The largest absolute Gasteiger partial charge is 0.393 e. The summed E-state index contributed by atoms with van der Waals surface area (Å²) in [6, 6.07) is 0.409. The van der Waals surface area contributed by atoms with Gasteiger partial charge in [0.05, 0.1) is 6.10 Å². The van der Waals surface area contributed by atoms with E-state index in [1.807, 2.05) is 0 Å². The highest BCUT2D eigenvalue weighted by Gasteiger charge is 2.20. The van der Waals surface area contributed by atoms with Gasteiger partial charge in [-0.25, -0.2) is 0 Å². The molecule has 0 spiro atoms. The molecule has 0 amide bonds. The Morgan fingerprint density at radius 2 is 2.07 bits per heavy atom. The van der Waals surface area contributed by atoms with Gasteiger partial charge in [-0.15, -0.1) is 0 Å². The zero-order chi connectivity index (χ0) is 10.4. The first-order chi connectivity index (χ1) is 6.76. The van der Waals surface area contributed by atoms with Gasteiger partial charge in [0, 0.05) is 26.8 Å². The predicted octanol–water partition coefficient (Wildman–Crippen LogP) is 0.498. The minimum absolute atomic E-state index is 0.134. The number of nitrogens with one attached hydrogen (secondary N) is 1. The van der Waals surface area contributed by atoms with Gasteiger partial charge in [0.25, 0.3) is 0 Å². The summed E-state index contributed by atoms with van der Waals surface area (Å²) in [6.45, 7) is 0.685. The molecule has 14 heavy (non-hydrogen) atoms. The maximum atomic E-state index is 9.46. The lowest BCUT2D eigenvalue weighted by Crippen LogP contribution is -2.40. The van der Waals surface area contributed by atoms with Crippen molar-refractivity contribution in [1.82, 2.24) is 5.32 Å². The number of aliphatic hydroxyl groups excluding tert-OH is 1. The highest BCUT2D eigenvalue weighted by atomic mass is 16.7. The highest BCUT2D eigenvalue weighted by Crippen LogP contribution is 2.18. The molecule has 0 aliphatic heterocycles. The van der Waals surface area contributed by atoms with Crippen LogP contribution in [0.4, 0.5) is 0 Å².